The number of hydrogen-bond acceptors (Lipinski definition) is 5. The number of H-pyrrole nitrogens is 1. The van der Waals surface area contributed by atoms with E-state index in [1.165, 1.54) is 24.6 Å². The molecule has 158 valence electrons. The number of ether oxygens (including phenoxy) is 1. The van der Waals surface area contributed by atoms with E-state index < -0.39 is 0 Å². The van der Waals surface area contributed by atoms with Crippen LogP contribution in [-0.4, -0.2) is 50.2 Å². The predicted molar refractivity (Wildman–Crippen MR) is 117 cm³/mol. The van der Waals surface area contributed by atoms with Crippen LogP contribution in [0.3, 0.4) is 0 Å². The zero-order valence-corrected chi connectivity index (χ0v) is 18.0. The number of amides is 1. The number of aromatic nitrogens is 4. The van der Waals surface area contributed by atoms with E-state index in [2.05, 4.69) is 44.1 Å². The molecule has 2 N–H and O–H groups in total. The molecule has 0 radical (unpaired) electrons. The van der Waals surface area contributed by atoms with E-state index in [1.807, 2.05) is 18.3 Å². The Bertz CT molecular complexity index is 1040. The van der Waals surface area contributed by atoms with E-state index in [4.69, 9.17) is 4.74 Å². The van der Waals surface area contributed by atoms with E-state index in [0.717, 1.165) is 46.9 Å². The molecule has 1 saturated carbocycles. The maximum Gasteiger partial charge on any atom is 0.230 e. The molecule has 1 amide bonds. The second kappa shape index (κ2) is 8.43. The molecule has 5 rings (SSSR count). The molecule has 1 aliphatic heterocycles. The van der Waals surface area contributed by atoms with Gasteiger partial charge < -0.3 is 15.0 Å². The first-order valence-electron chi connectivity index (χ1n) is 10.7. The van der Waals surface area contributed by atoms with Crippen LogP contribution in [0.2, 0.25) is 0 Å². The fourth-order valence-electron chi connectivity index (χ4n) is 4.15. The standard InChI is InChI=1S/C22H27N5O2S/c1-14(15-8-9-15)24-20(28)13-30-22-26-25-21(27(22)12-16-5-4-10-29-16)18-11-23-19-7-3-2-6-17(18)19/h2-3,6-7,11,14-16,23H,4-5,8-10,12-13H2,1H3,(H,24,28). The third-order valence-corrected chi connectivity index (χ3v) is 6.97. The summed E-state index contributed by atoms with van der Waals surface area (Å²) in [5.41, 5.74) is 2.09. The summed E-state index contributed by atoms with van der Waals surface area (Å²) in [6, 6.07) is 8.44. The number of fused-ring (bicyclic) bond motifs is 1. The first-order chi connectivity index (χ1) is 14.7. The molecule has 7 nitrogen and oxygen atoms in total. The zero-order chi connectivity index (χ0) is 20.5. The fourth-order valence-corrected chi connectivity index (χ4v) is 4.91. The second-order valence-corrected chi connectivity index (χ2v) is 9.22. The average Bonchev–Trinajstić information content (AvgIpc) is 3.14. The normalized spacial score (nSPS) is 20.0. The van der Waals surface area contributed by atoms with Crippen molar-refractivity contribution < 1.29 is 9.53 Å². The molecule has 30 heavy (non-hydrogen) atoms. The molecule has 2 aromatic heterocycles. The maximum atomic E-state index is 12.4. The Hall–Kier alpha value is -2.32. The van der Waals surface area contributed by atoms with Crippen LogP contribution in [0.25, 0.3) is 22.3 Å². The molecule has 0 bridgehead atoms. The van der Waals surface area contributed by atoms with Gasteiger partial charge in [0.1, 0.15) is 0 Å². The lowest BCUT2D eigenvalue weighted by atomic mass is 10.1. The third-order valence-electron chi connectivity index (χ3n) is 6.01. The molecule has 2 unspecified atom stereocenters. The number of aromatic amines is 1. The van der Waals surface area contributed by atoms with E-state index in [1.54, 1.807) is 0 Å². The summed E-state index contributed by atoms with van der Waals surface area (Å²) in [7, 11) is 0. The minimum absolute atomic E-state index is 0.0553. The minimum Gasteiger partial charge on any atom is -0.376 e. The Balaban J connectivity index is 1.38. The van der Waals surface area contributed by atoms with Gasteiger partial charge in [-0.2, -0.15) is 0 Å². The quantitative estimate of drug-likeness (QED) is 0.539. The first kappa shape index (κ1) is 19.6. The van der Waals surface area contributed by atoms with Crippen molar-refractivity contribution in [2.45, 2.75) is 56.5 Å². The molecular weight excluding hydrogens is 398 g/mol. The van der Waals surface area contributed by atoms with Gasteiger partial charge in [0.15, 0.2) is 11.0 Å². The summed E-state index contributed by atoms with van der Waals surface area (Å²) in [6.07, 6.45) is 6.71. The highest BCUT2D eigenvalue weighted by Gasteiger charge is 2.29. The number of benzene rings is 1. The van der Waals surface area contributed by atoms with Crippen LogP contribution >= 0.6 is 11.8 Å². The van der Waals surface area contributed by atoms with E-state index in [9.17, 15) is 4.79 Å². The topological polar surface area (TPSA) is 84.8 Å². The van der Waals surface area contributed by atoms with Crippen molar-refractivity contribution in [3.8, 4) is 11.4 Å². The number of thioether (sulfide) groups is 1. The lowest BCUT2D eigenvalue weighted by Gasteiger charge is -2.15. The van der Waals surface area contributed by atoms with E-state index in [-0.39, 0.29) is 18.1 Å². The molecule has 3 aromatic rings. The van der Waals surface area contributed by atoms with Crippen LogP contribution in [-0.2, 0) is 16.1 Å². The Morgan fingerprint density at radius 2 is 2.20 bits per heavy atom. The third kappa shape index (κ3) is 4.11. The number of carbonyl (C=O) groups excluding carboxylic acids is 1. The number of para-hydroxylation sites is 1. The van der Waals surface area contributed by atoms with Gasteiger partial charge in [0.25, 0.3) is 0 Å². The van der Waals surface area contributed by atoms with Crippen LogP contribution in [0.5, 0.6) is 0 Å². The molecule has 2 fully saturated rings. The molecule has 1 aliphatic carbocycles. The molecule has 1 aromatic carbocycles. The summed E-state index contributed by atoms with van der Waals surface area (Å²) >= 11 is 1.45. The lowest BCUT2D eigenvalue weighted by Crippen LogP contribution is -2.35. The second-order valence-electron chi connectivity index (χ2n) is 8.28. The van der Waals surface area contributed by atoms with E-state index in [0.29, 0.717) is 18.2 Å². The number of nitrogens with one attached hydrogen (secondary N) is 2. The number of rotatable bonds is 8. The summed E-state index contributed by atoms with van der Waals surface area (Å²) in [6.45, 7) is 3.60. The van der Waals surface area contributed by atoms with Gasteiger partial charge in [-0.15, -0.1) is 10.2 Å². The Kier molecular flexibility index (Phi) is 5.52. The van der Waals surface area contributed by atoms with Crippen molar-refractivity contribution in [2.24, 2.45) is 5.92 Å². The van der Waals surface area contributed by atoms with Gasteiger partial charge in [-0.1, -0.05) is 30.0 Å². The van der Waals surface area contributed by atoms with Crippen molar-refractivity contribution in [3.05, 3.63) is 30.5 Å². The van der Waals surface area contributed by atoms with Gasteiger partial charge in [-0.3, -0.25) is 9.36 Å². The van der Waals surface area contributed by atoms with Crippen LogP contribution in [0, 0.1) is 5.92 Å². The van der Waals surface area contributed by atoms with Crippen LogP contribution in [0.4, 0.5) is 0 Å². The molecule has 3 heterocycles. The SMILES string of the molecule is CC(NC(=O)CSc1nnc(-c2c[nH]c3ccccc23)n1CC1CCCO1)C1CC1. The molecule has 2 aliphatic rings. The van der Waals surface area contributed by atoms with Crippen molar-refractivity contribution >= 4 is 28.6 Å². The smallest absolute Gasteiger partial charge is 0.230 e. The van der Waals surface area contributed by atoms with Crippen molar-refractivity contribution in [3.63, 3.8) is 0 Å². The zero-order valence-electron chi connectivity index (χ0n) is 17.1. The minimum atomic E-state index is 0.0553. The monoisotopic (exact) mass is 425 g/mol. The average molecular weight is 426 g/mol. The lowest BCUT2D eigenvalue weighted by molar-refractivity contribution is -0.119. The summed E-state index contributed by atoms with van der Waals surface area (Å²) in [5, 5.41) is 14.0. The highest BCUT2D eigenvalue weighted by atomic mass is 32.2. The molecule has 8 heteroatoms. The van der Waals surface area contributed by atoms with Gasteiger partial charge in [-0.05, 0) is 44.6 Å². The van der Waals surface area contributed by atoms with Crippen LogP contribution in [0.1, 0.15) is 32.6 Å². The van der Waals surface area contributed by atoms with Crippen LogP contribution in [0.15, 0.2) is 35.6 Å². The summed E-state index contributed by atoms with van der Waals surface area (Å²) in [5.74, 6) is 1.86. The predicted octanol–water partition coefficient (Wildman–Crippen LogP) is 3.61. The Labute approximate surface area is 180 Å². The van der Waals surface area contributed by atoms with Gasteiger partial charge in [0.05, 0.1) is 18.4 Å². The molecule has 2 atom stereocenters. The number of nitrogens with zero attached hydrogens (tertiary/aromatic N) is 3. The number of carbonyl (C=O) groups is 1. The highest BCUT2D eigenvalue weighted by Crippen LogP contribution is 2.33. The number of hydrogen-bond donors (Lipinski definition) is 2. The van der Waals surface area contributed by atoms with Gasteiger partial charge in [0, 0.05) is 35.3 Å². The van der Waals surface area contributed by atoms with Gasteiger partial charge >= 0.3 is 0 Å². The highest BCUT2D eigenvalue weighted by molar-refractivity contribution is 7.99. The van der Waals surface area contributed by atoms with Crippen molar-refractivity contribution in [2.75, 3.05) is 12.4 Å². The molecule has 0 spiro atoms. The van der Waals surface area contributed by atoms with Crippen molar-refractivity contribution in [1.29, 1.82) is 0 Å². The van der Waals surface area contributed by atoms with Gasteiger partial charge in [-0.25, -0.2) is 0 Å². The van der Waals surface area contributed by atoms with Crippen LogP contribution < -0.4 is 5.32 Å². The molecule has 1 saturated heterocycles. The van der Waals surface area contributed by atoms with Gasteiger partial charge in [0.2, 0.25) is 5.91 Å². The largest absolute Gasteiger partial charge is 0.376 e. The fraction of sp³-hybridized carbons (Fsp3) is 0.500. The first-order valence-corrected chi connectivity index (χ1v) is 11.7. The van der Waals surface area contributed by atoms with Crippen molar-refractivity contribution in [1.82, 2.24) is 25.1 Å². The molecular formula is C22H27N5O2S. The Morgan fingerprint density at radius 1 is 1.33 bits per heavy atom. The maximum absolute atomic E-state index is 12.4. The summed E-state index contributed by atoms with van der Waals surface area (Å²) < 4.78 is 8.00. The summed E-state index contributed by atoms with van der Waals surface area (Å²) in [4.78, 5) is 15.7. The van der Waals surface area contributed by atoms with E-state index >= 15 is 0 Å². The Morgan fingerprint density at radius 3 is 3.00 bits per heavy atom.